The summed E-state index contributed by atoms with van der Waals surface area (Å²) in [6, 6.07) is 9.02. The van der Waals surface area contributed by atoms with E-state index in [1.54, 1.807) is 0 Å². The summed E-state index contributed by atoms with van der Waals surface area (Å²) in [5, 5.41) is 4.81. The minimum Gasteiger partial charge on any atom is -0.461 e. The van der Waals surface area contributed by atoms with E-state index in [4.69, 9.17) is 4.42 Å². The zero-order chi connectivity index (χ0) is 14.8. The van der Waals surface area contributed by atoms with E-state index in [0.717, 1.165) is 30.7 Å². The van der Waals surface area contributed by atoms with Crippen LogP contribution < -0.4 is 5.32 Å². The normalized spacial score (nSPS) is 13.8. The molecule has 1 unspecified atom stereocenters. The van der Waals surface area contributed by atoms with Gasteiger partial charge < -0.3 is 9.73 Å². The lowest BCUT2D eigenvalue weighted by Gasteiger charge is -2.31. The predicted octanol–water partition coefficient (Wildman–Crippen LogP) is 4.70. The number of rotatable bonds is 5. The highest BCUT2D eigenvalue weighted by Gasteiger charge is 2.23. The van der Waals surface area contributed by atoms with Crippen LogP contribution in [0, 0.1) is 12.3 Å². The van der Waals surface area contributed by atoms with Crippen LogP contribution in [0.5, 0.6) is 0 Å². The lowest BCUT2D eigenvalue weighted by atomic mass is 9.84. The van der Waals surface area contributed by atoms with Gasteiger partial charge >= 0.3 is 0 Å². The molecule has 0 aliphatic heterocycles. The molecule has 1 N–H and O–H groups in total. The Hall–Kier alpha value is -1.28. The first-order valence-corrected chi connectivity index (χ1v) is 7.63. The fourth-order valence-corrected chi connectivity index (χ4v) is 2.76. The fourth-order valence-electron chi connectivity index (χ4n) is 2.76. The quantitative estimate of drug-likeness (QED) is 0.854. The monoisotopic (exact) mass is 273 g/mol. The van der Waals surface area contributed by atoms with Gasteiger partial charge in [0.25, 0.3) is 0 Å². The summed E-state index contributed by atoms with van der Waals surface area (Å²) in [5.74, 6) is 1.10. The van der Waals surface area contributed by atoms with Crippen molar-refractivity contribution in [3.05, 3.63) is 35.6 Å². The lowest BCUT2D eigenvalue weighted by Crippen LogP contribution is -2.40. The summed E-state index contributed by atoms with van der Waals surface area (Å²) in [5.41, 5.74) is 2.53. The molecule has 0 bridgehead atoms. The van der Waals surface area contributed by atoms with Crippen LogP contribution in [0.2, 0.25) is 0 Å². The first-order chi connectivity index (χ1) is 9.41. The van der Waals surface area contributed by atoms with Crippen molar-refractivity contribution in [1.29, 1.82) is 0 Å². The molecule has 2 rings (SSSR count). The van der Waals surface area contributed by atoms with E-state index in [1.165, 1.54) is 10.9 Å². The van der Waals surface area contributed by atoms with Crippen molar-refractivity contribution in [3.8, 4) is 0 Å². The molecule has 0 saturated heterocycles. The maximum absolute atomic E-state index is 6.01. The van der Waals surface area contributed by atoms with Crippen molar-refractivity contribution < 1.29 is 4.42 Å². The highest BCUT2D eigenvalue weighted by atomic mass is 16.3. The van der Waals surface area contributed by atoms with E-state index in [1.807, 2.05) is 0 Å². The van der Waals surface area contributed by atoms with Crippen molar-refractivity contribution in [1.82, 2.24) is 5.32 Å². The molecule has 20 heavy (non-hydrogen) atoms. The maximum Gasteiger partial charge on any atom is 0.137 e. The van der Waals surface area contributed by atoms with Crippen LogP contribution in [0.4, 0.5) is 0 Å². The van der Waals surface area contributed by atoms with E-state index in [2.05, 4.69) is 64.2 Å². The largest absolute Gasteiger partial charge is 0.461 e. The second-order valence-electron chi connectivity index (χ2n) is 6.72. The molecule has 110 valence electrons. The van der Waals surface area contributed by atoms with Crippen LogP contribution in [0.15, 0.2) is 28.7 Å². The van der Waals surface area contributed by atoms with Gasteiger partial charge in [0, 0.05) is 17.8 Å². The van der Waals surface area contributed by atoms with Gasteiger partial charge in [-0.25, -0.2) is 0 Å². The molecule has 2 heteroatoms. The van der Waals surface area contributed by atoms with Gasteiger partial charge in [0.15, 0.2) is 0 Å². The van der Waals surface area contributed by atoms with Crippen molar-refractivity contribution in [2.75, 3.05) is 6.54 Å². The van der Waals surface area contributed by atoms with E-state index < -0.39 is 0 Å². The number of fused-ring (bicyclic) bond motifs is 1. The minimum absolute atomic E-state index is 0.276. The molecule has 2 nitrogen and oxygen atoms in total. The van der Waals surface area contributed by atoms with Crippen LogP contribution >= 0.6 is 0 Å². The summed E-state index contributed by atoms with van der Waals surface area (Å²) in [6.07, 6.45) is 2.10. The van der Waals surface area contributed by atoms with Crippen molar-refractivity contribution in [2.24, 2.45) is 5.41 Å². The van der Waals surface area contributed by atoms with Crippen LogP contribution in [0.25, 0.3) is 11.0 Å². The summed E-state index contributed by atoms with van der Waals surface area (Å²) >= 11 is 0. The Kier molecular flexibility index (Phi) is 4.54. The average Bonchev–Trinajstić information content (AvgIpc) is 2.77. The van der Waals surface area contributed by atoms with Gasteiger partial charge in [-0.15, -0.1) is 0 Å². The molecule has 0 aliphatic carbocycles. The van der Waals surface area contributed by atoms with Gasteiger partial charge in [-0.1, -0.05) is 45.9 Å². The third kappa shape index (κ3) is 3.43. The summed E-state index contributed by atoms with van der Waals surface area (Å²) in [4.78, 5) is 0. The summed E-state index contributed by atoms with van der Waals surface area (Å²) in [6.45, 7) is 12.2. The Morgan fingerprint density at radius 2 is 2.00 bits per heavy atom. The van der Waals surface area contributed by atoms with Crippen LogP contribution in [-0.4, -0.2) is 12.6 Å². The fraction of sp³-hybridized carbons (Fsp3) is 0.556. The Morgan fingerprint density at radius 1 is 1.25 bits per heavy atom. The molecule has 0 aliphatic rings. The molecule has 1 aromatic heterocycles. The van der Waals surface area contributed by atoms with Crippen LogP contribution in [-0.2, 0) is 6.42 Å². The summed E-state index contributed by atoms with van der Waals surface area (Å²) < 4.78 is 6.01. The number of hydrogen-bond donors (Lipinski definition) is 1. The van der Waals surface area contributed by atoms with Crippen LogP contribution in [0.3, 0.4) is 0 Å². The zero-order valence-corrected chi connectivity index (χ0v) is 13.4. The Balaban J connectivity index is 2.10. The second-order valence-corrected chi connectivity index (χ2v) is 6.72. The molecule has 0 radical (unpaired) electrons. The third-order valence-electron chi connectivity index (χ3n) is 3.97. The molecule has 0 amide bonds. The highest BCUT2D eigenvalue weighted by Crippen LogP contribution is 2.26. The number of hydrogen-bond acceptors (Lipinski definition) is 2. The topological polar surface area (TPSA) is 25.2 Å². The SMILES string of the molecule is CCNC(CCc1cc2cccc(C)c2o1)C(C)(C)C. The van der Waals surface area contributed by atoms with Crippen molar-refractivity contribution >= 4 is 11.0 Å². The third-order valence-corrected chi connectivity index (χ3v) is 3.97. The maximum atomic E-state index is 6.01. The molecule has 0 saturated carbocycles. The molecule has 1 atom stereocenters. The lowest BCUT2D eigenvalue weighted by molar-refractivity contribution is 0.255. The highest BCUT2D eigenvalue weighted by molar-refractivity contribution is 5.80. The van der Waals surface area contributed by atoms with Crippen LogP contribution in [0.1, 0.15) is 45.4 Å². The van der Waals surface area contributed by atoms with E-state index in [9.17, 15) is 0 Å². The number of furan rings is 1. The molecule has 2 aromatic rings. The van der Waals surface area contributed by atoms with E-state index >= 15 is 0 Å². The molecule has 1 heterocycles. The molecular weight excluding hydrogens is 246 g/mol. The standard InChI is InChI=1S/C18H27NO/c1-6-19-16(18(3,4)5)11-10-15-12-14-9-7-8-13(2)17(14)20-15/h7-9,12,16,19H,6,10-11H2,1-5H3. The van der Waals surface area contributed by atoms with E-state index in [-0.39, 0.29) is 5.41 Å². The van der Waals surface area contributed by atoms with Crippen molar-refractivity contribution in [2.45, 2.75) is 53.5 Å². The summed E-state index contributed by atoms with van der Waals surface area (Å²) in [7, 11) is 0. The Labute approximate surface area is 122 Å². The van der Waals surface area contributed by atoms with E-state index in [0.29, 0.717) is 6.04 Å². The Bertz CT molecular complexity index is 562. The molecule has 0 spiro atoms. The van der Waals surface area contributed by atoms with Gasteiger partial charge in [0.2, 0.25) is 0 Å². The number of benzene rings is 1. The second kappa shape index (κ2) is 6.01. The first kappa shape index (κ1) is 15.1. The van der Waals surface area contributed by atoms with Gasteiger partial charge in [-0.2, -0.15) is 0 Å². The zero-order valence-electron chi connectivity index (χ0n) is 13.4. The molecule has 1 aromatic carbocycles. The number of nitrogens with one attached hydrogen (secondary N) is 1. The minimum atomic E-state index is 0.276. The van der Waals surface area contributed by atoms with Gasteiger partial charge in [-0.05, 0) is 36.9 Å². The van der Waals surface area contributed by atoms with Gasteiger partial charge in [0.05, 0.1) is 0 Å². The molecular formula is C18H27NO. The molecule has 0 fully saturated rings. The van der Waals surface area contributed by atoms with Crippen molar-refractivity contribution in [3.63, 3.8) is 0 Å². The Morgan fingerprint density at radius 3 is 2.60 bits per heavy atom. The smallest absolute Gasteiger partial charge is 0.137 e. The number of para-hydroxylation sites is 1. The number of aryl methyl sites for hydroxylation is 2. The van der Waals surface area contributed by atoms with Gasteiger partial charge in [0.1, 0.15) is 11.3 Å². The average molecular weight is 273 g/mol. The van der Waals surface area contributed by atoms with Gasteiger partial charge in [-0.3, -0.25) is 0 Å². The first-order valence-electron chi connectivity index (χ1n) is 7.63. The predicted molar refractivity (Wildman–Crippen MR) is 86.2 cm³/mol.